The Bertz CT molecular complexity index is 97.2. The van der Waals surface area contributed by atoms with Crippen molar-refractivity contribution in [3.05, 3.63) is 0 Å². The highest BCUT2D eigenvalue weighted by atomic mass is 127. The largest absolute Gasteiger partial charge is 0.388 e. The van der Waals surface area contributed by atoms with Crippen LogP contribution in [0.2, 0.25) is 0 Å². The van der Waals surface area contributed by atoms with E-state index in [-0.39, 0.29) is 5.60 Å². The van der Waals surface area contributed by atoms with Gasteiger partial charge in [0.25, 0.3) is 0 Å². The summed E-state index contributed by atoms with van der Waals surface area (Å²) in [5.74, 6) is 0. The van der Waals surface area contributed by atoms with Gasteiger partial charge in [-0.1, -0.05) is 58.0 Å². The maximum absolute atomic E-state index is 9.75. The second-order valence-electron chi connectivity index (χ2n) is 2.61. The molecule has 54 valence electrons. The minimum atomic E-state index is -0.332. The Morgan fingerprint density at radius 2 is 1.67 bits per heavy atom. The van der Waals surface area contributed by atoms with E-state index in [0.717, 1.165) is 12.8 Å². The maximum atomic E-state index is 9.75. The Morgan fingerprint density at radius 1 is 1.22 bits per heavy atom. The fourth-order valence-corrected chi connectivity index (χ4v) is 2.45. The molecule has 9 heavy (non-hydrogen) atoms. The highest BCUT2D eigenvalue weighted by Gasteiger charge is 2.36. The van der Waals surface area contributed by atoms with Crippen LogP contribution in [0.1, 0.15) is 25.7 Å². The monoisotopic (exact) mass is 352 g/mol. The van der Waals surface area contributed by atoms with E-state index in [0.29, 0.717) is 1.93 Å². The van der Waals surface area contributed by atoms with Crippen LogP contribution in [0.3, 0.4) is 0 Å². The van der Waals surface area contributed by atoms with E-state index < -0.39 is 0 Å². The predicted octanol–water partition coefficient (Wildman–Crippen LogP) is 2.49. The van der Waals surface area contributed by atoms with Gasteiger partial charge in [0, 0.05) is 0 Å². The highest BCUT2D eigenvalue weighted by molar-refractivity contribution is 14.2. The molecular formula is C6H10I2O. The zero-order valence-corrected chi connectivity index (χ0v) is 9.42. The average Bonchev–Trinajstić information content (AvgIpc) is 2.16. The standard InChI is InChI=1S/C6H10I2O/c7-5(8)6(9)3-1-2-4-6/h5,9H,1-4H2. The lowest BCUT2D eigenvalue weighted by Crippen LogP contribution is -2.30. The molecule has 1 aliphatic carbocycles. The average molecular weight is 352 g/mol. The second-order valence-corrected chi connectivity index (χ2v) is 7.49. The number of alkyl halides is 2. The summed E-state index contributed by atoms with van der Waals surface area (Å²) in [6.45, 7) is 0. The first-order chi connectivity index (χ1) is 4.15. The molecule has 1 N–H and O–H groups in total. The van der Waals surface area contributed by atoms with Crippen LogP contribution < -0.4 is 0 Å². The SMILES string of the molecule is OC1(C(I)I)CCCC1. The van der Waals surface area contributed by atoms with E-state index in [1.54, 1.807) is 0 Å². The molecule has 0 aromatic carbocycles. The zero-order valence-electron chi connectivity index (χ0n) is 5.11. The molecular weight excluding hydrogens is 342 g/mol. The first kappa shape index (κ1) is 8.52. The molecule has 0 spiro atoms. The van der Waals surface area contributed by atoms with E-state index >= 15 is 0 Å². The smallest absolute Gasteiger partial charge is 0.0912 e. The zero-order chi connectivity index (χ0) is 6.91. The number of hydrogen-bond donors (Lipinski definition) is 1. The van der Waals surface area contributed by atoms with Crippen molar-refractivity contribution >= 4 is 45.2 Å². The lowest BCUT2D eigenvalue weighted by Gasteiger charge is -2.23. The third-order valence-corrected chi connectivity index (χ3v) is 4.19. The Hall–Kier alpha value is 1.42. The van der Waals surface area contributed by atoms with E-state index in [2.05, 4.69) is 45.2 Å². The van der Waals surface area contributed by atoms with Gasteiger partial charge in [0.1, 0.15) is 0 Å². The molecule has 0 atom stereocenters. The van der Waals surface area contributed by atoms with Crippen molar-refractivity contribution in [3.63, 3.8) is 0 Å². The molecule has 0 heterocycles. The van der Waals surface area contributed by atoms with Gasteiger partial charge in [-0.05, 0) is 12.8 Å². The molecule has 0 radical (unpaired) electrons. The Morgan fingerprint density at radius 3 is 1.89 bits per heavy atom. The molecule has 1 fully saturated rings. The minimum absolute atomic E-state index is 0.332. The third kappa shape index (κ3) is 1.92. The summed E-state index contributed by atoms with van der Waals surface area (Å²) >= 11 is 4.60. The van der Waals surface area contributed by atoms with E-state index in [1.165, 1.54) is 12.8 Å². The molecule has 0 saturated heterocycles. The van der Waals surface area contributed by atoms with Crippen LogP contribution in [-0.2, 0) is 0 Å². The van der Waals surface area contributed by atoms with Crippen molar-refractivity contribution < 1.29 is 5.11 Å². The third-order valence-electron chi connectivity index (χ3n) is 1.88. The van der Waals surface area contributed by atoms with Gasteiger partial charge in [0.15, 0.2) is 0 Å². The van der Waals surface area contributed by atoms with Crippen LogP contribution in [-0.4, -0.2) is 12.6 Å². The summed E-state index contributed by atoms with van der Waals surface area (Å²) in [6, 6.07) is 0. The van der Waals surface area contributed by atoms with Crippen molar-refractivity contribution in [2.24, 2.45) is 0 Å². The fraction of sp³-hybridized carbons (Fsp3) is 1.00. The molecule has 0 aliphatic heterocycles. The Kier molecular flexibility index (Phi) is 3.04. The van der Waals surface area contributed by atoms with Crippen LogP contribution >= 0.6 is 45.2 Å². The van der Waals surface area contributed by atoms with Gasteiger partial charge in [0.2, 0.25) is 0 Å². The molecule has 1 saturated carbocycles. The number of hydrogen-bond acceptors (Lipinski definition) is 1. The Balaban J connectivity index is 2.51. The van der Waals surface area contributed by atoms with Gasteiger partial charge in [-0.3, -0.25) is 0 Å². The van der Waals surface area contributed by atoms with Crippen molar-refractivity contribution in [2.75, 3.05) is 0 Å². The predicted molar refractivity (Wildman–Crippen MR) is 55.2 cm³/mol. The van der Waals surface area contributed by atoms with Gasteiger partial charge in [0.05, 0.1) is 7.53 Å². The Labute approximate surface area is 82.9 Å². The molecule has 0 bridgehead atoms. The molecule has 3 heteroatoms. The molecule has 0 aromatic rings. The number of halogens is 2. The van der Waals surface area contributed by atoms with Crippen LogP contribution in [0.25, 0.3) is 0 Å². The van der Waals surface area contributed by atoms with Crippen molar-refractivity contribution in [1.29, 1.82) is 0 Å². The summed E-state index contributed by atoms with van der Waals surface area (Å²) in [4.78, 5) is 0. The summed E-state index contributed by atoms with van der Waals surface area (Å²) in [5, 5.41) is 9.75. The maximum Gasteiger partial charge on any atom is 0.0912 e. The van der Waals surface area contributed by atoms with Crippen molar-refractivity contribution in [1.82, 2.24) is 0 Å². The summed E-state index contributed by atoms with van der Waals surface area (Å²) in [7, 11) is 0. The van der Waals surface area contributed by atoms with Gasteiger partial charge in [-0.2, -0.15) is 0 Å². The molecule has 0 amide bonds. The molecule has 0 unspecified atom stereocenters. The first-order valence-electron chi connectivity index (χ1n) is 3.16. The van der Waals surface area contributed by atoms with Gasteiger partial charge < -0.3 is 5.11 Å². The molecule has 1 aliphatic rings. The summed E-state index contributed by atoms with van der Waals surface area (Å²) < 4.78 is 0.384. The first-order valence-corrected chi connectivity index (χ1v) is 5.65. The van der Waals surface area contributed by atoms with Gasteiger partial charge in [-0.25, -0.2) is 0 Å². The van der Waals surface area contributed by atoms with Crippen LogP contribution in [0, 0.1) is 0 Å². The topological polar surface area (TPSA) is 20.2 Å². The van der Waals surface area contributed by atoms with Crippen molar-refractivity contribution in [3.8, 4) is 0 Å². The second kappa shape index (κ2) is 3.21. The van der Waals surface area contributed by atoms with E-state index in [1.807, 2.05) is 0 Å². The summed E-state index contributed by atoms with van der Waals surface area (Å²) in [5.41, 5.74) is -0.332. The molecule has 1 rings (SSSR count). The van der Waals surface area contributed by atoms with Gasteiger partial charge in [-0.15, -0.1) is 0 Å². The number of rotatable bonds is 1. The summed E-state index contributed by atoms with van der Waals surface area (Å²) in [6.07, 6.45) is 4.42. The lowest BCUT2D eigenvalue weighted by molar-refractivity contribution is 0.0722. The van der Waals surface area contributed by atoms with Crippen LogP contribution in [0.5, 0.6) is 0 Å². The normalized spacial score (nSPS) is 25.3. The quantitative estimate of drug-likeness (QED) is 0.568. The van der Waals surface area contributed by atoms with E-state index in [4.69, 9.17) is 0 Å². The van der Waals surface area contributed by atoms with Crippen molar-refractivity contribution in [2.45, 2.75) is 33.2 Å². The lowest BCUT2D eigenvalue weighted by atomic mass is 10.1. The minimum Gasteiger partial charge on any atom is -0.388 e. The number of aliphatic hydroxyl groups is 1. The molecule has 0 aromatic heterocycles. The van der Waals surface area contributed by atoms with Gasteiger partial charge >= 0.3 is 0 Å². The van der Waals surface area contributed by atoms with Crippen LogP contribution in [0.15, 0.2) is 0 Å². The molecule has 1 nitrogen and oxygen atoms in total. The fourth-order valence-electron chi connectivity index (χ4n) is 1.21. The van der Waals surface area contributed by atoms with E-state index in [9.17, 15) is 5.11 Å². The van der Waals surface area contributed by atoms with Crippen LogP contribution in [0.4, 0.5) is 0 Å². The highest BCUT2D eigenvalue weighted by Crippen LogP contribution is 2.38.